The molecule has 4 rings (SSSR count). The molecule has 31 heavy (non-hydrogen) atoms. The minimum atomic E-state index is -3.79. The number of hydrogen-bond acceptors (Lipinski definition) is 7. The maximum atomic E-state index is 13.3. The summed E-state index contributed by atoms with van der Waals surface area (Å²) in [6.07, 6.45) is 1.65. The average molecular weight is 436 g/mol. The van der Waals surface area contributed by atoms with Gasteiger partial charge in [0, 0.05) is 11.3 Å². The van der Waals surface area contributed by atoms with Crippen molar-refractivity contribution in [1.29, 1.82) is 0 Å². The van der Waals surface area contributed by atoms with Crippen LogP contribution in [-0.2, 0) is 9.84 Å². The number of para-hydroxylation sites is 1. The summed E-state index contributed by atoms with van der Waals surface area (Å²) >= 11 is 0. The fraction of sp³-hybridized carbons (Fsp3) is 0.0909. The Labute approximate surface area is 179 Å². The minimum Gasteiger partial charge on any atom is -0.493 e. The molecule has 0 aliphatic carbocycles. The van der Waals surface area contributed by atoms with Crippen LogP contribution in [0, 0.1) is 0 Å². The Bertz CT molecular complexity index is 1330. The zero-order valence-electron chi connectivity index (χ0n) is 16.9. The van der Waals surface area contributed by atoms with E-state index < -0.39 is 9.84 Å². The largest absolute Gasteiger partial charge is 0.493 e. The Hall–Kier alpha value is -3.85. The third kappa shape index (κ3) is 3.71. The number of nitrogens with zero attached hydrogens (tertiary/aromatic N) is 3. The fourth-order valence-electron chi connectivity index (χ4n) is 3.24. The maximum absolute atomic E-state index is 13.3. The van der Waals surface area contributed by atoms with Crippen LogP contribution in [0.2, 0.25) is 0 Å². The van der Waals surface area contributed by atoms with Gasteiger partial charge in [0.1, 0.15) is 11.4 Å². The quantitative estimate of drug-likeness (QED) is 0.462. The van der Waals surface area contributed by atoms with Crippen molar-refractivity contribution in [2.24, 2.45) is 0 Å². The predicted molar refractivity (Wildman–Crippen MR) is 116 cm³/mol. The van der Waals surface area contributed by atoms with E-state index >= 15 is 0 Å². The van der Waals surface area contributed by atoms with E-state index in [2.05, 4.69) is 10.3 Å². The first kappa shape index (κ1) is 20.4. The van der Waals surface area contributed by atoms with Crippen molar-refractivity contribution in [3.05, 3.63) is 72.9 Å². The number of rotatable bonds is 6. The van der Waals surface area contributed by atoms with Crippen LogP contribution in [0.4, 0.5) is 5.69 Å². The Morgan fingerprint density at radius 2 is 1.65 bits per heavy atom. The van der Waals surface area contributed by atoms with Crippen molar-refractivity contribution in [1.82, 2.24) is 15.0 Å². The van der Waals surface area contributed by atoms with E-state index in [0.29, 0.717) is 34.1 Å². The highest BCUT2D eigenvalue weighted by molar-refractivity contribution is 7.91. The molecule has 1 aromatic heterocycles. The lowest BCUT2D eigenvalue weighted by Gasteiger charge is -2.11. The standard InChI is InChI=1S/C22H20N4O4S/c1-29-20-8-5-7-19(22(20)30-2)26-14-18(24-25-26)17-6-3-4-9-21(17)31(27,28)16-12-10-15(23)11-13-16/h3-14H,23H2,1-2H3. The van der Waals surface area contributed by atoms with E-state index in [1.165, 1.54) is 23.9 Å². The van der Waals surface area contributed by atoms with Crippen LogP contribution in [-0.4, -0.2) is 37.6 Å². The number of aromatic nitrogens is 3. The molecule has 8 nitrogen and oxygen atoms in total. The molecule has 0 spiro atoms. The zero-order chi connectivity index (χ0) is 22.0. The Morgan fingerprint density at radius 1 is 0.903 bits per heavy atom. The van der Waals surface area contributed by atoms with Crippen LogP contribution in [0.3, 0.4) is 0 Å². The molecule has 0 fully saturated rings. The van der Waals surface area contributed by atoms with Gasteiger partial charge in [0.05, 0.1) is 30.2 Å². The highest BCUT2D eigenvalue weighted by Gasteiger charge is 2.23. The highest BCUT2D eigenvalue weighted by atomic mass is 32.2. The van der Waals surface area contributed by atoms with Crippen molar-refractivity contribution in [2.75, 3.05) is 20.0 Å². The topological polar surface area (TPSA) is 109 Å². The first-order valence-electron chi connectivity index (χ1n) is 9.29. The second-order valence-corrected chi connectivity index (χ2v) is 8.55. The monoisotopic (exact) mass is 436 g/mol. The smallest absolute Gasteiger partial charge is 0.207 e. The first-order valence-corrected chi connectivity index (χ1v) is 10.8. The Morgan fingerprint density at radius 3 is 2.35 bits per heavy atom. The van der Waals surface area contributed by atoms with Crippen LogP contribution >= 0.6 is 0 Å². The SMILES string of the molecule is COc1cccc(-n2cc(-c3ccccc3S(=O)(=O)c3ccc(N)cc3)nn2)c1OC. The van der Waals surface area contributed by atoms with Gasteiger partial charge in [-0.05, 0) is 42.5 Å². The molecule has 0 aliphatic rings. The van der Waals surface area contributed by atoms with Crippen LogP contribution in [0.1, 0.15) is 0 Å². The zero-order valence-corrected chi connectivity index (χ0v) is 17.7. The number of nitrogen functional groups attached to an aromatic ring is 1. The molecule has 2 N–H and O–H groups in total. The van der Waals surface area contributed by atoms with Crippen molar-refractivity contribution in [3.63, 3.8) is 0 Å². The summed E-state index contributed by atoms with van der Waals surface area (Å²) in [4.78, 5) is 0.278. The van der Waals surface area contributed by atoms with Gasteiger partial charge >= 0.3 is 0 Å². The van der Waals surface area contributed by atoms with E-state index in [0.717, 1.165) is 0 Å². The van der Waals surface area contributed by atoms with Crippen LogP contribution in [0.5, 0.6) is 11.5 Å². The molecule has 0 unspecified atom stereocenters. The van der Waals surface area contributed by atoms with Crippen LogP contribution < -0.4 is 15.2 Å². The molecule has 0 saturated carbocycles. The molecule has 0 amide bonds. The summed E-state index contributed by atoms with van der Waals surface area (Å²) in [5.74, 6) is 1.03. The summed E-state index contributed by atoms with van der Waals surface area (Å²) in [6.45, 7) is 0. The second kappa shape index (κ2) is 8.11. The molecule has 0 aliphatic heterocycles. The normalized spacial score (nSPS) is 11.3. The Kier molecular flexibility index (Phi) is 5.35. The molecule has 1 heterocycles. The lowest BCUT2D eigenvalue weighted by atomic mass is 10.2. The number of anilines is 1. The fourth-order valence-corrected chi connectivity index (χ4v) is 4.71. The molecule has 0 saturated heterocycles. The summed E-state index contributed by atoms with van der Waals surface area (Å²) in [6, 6.07) is 18.1. The molecule has 9 heteroatoms. The molecule has 0 radical (unpaired) electrons. The van der Waals surface area contributed by atoms with Crippen molar-refractivity contribution in [2.45, 2.75) is 9.79 Å². The lowest BCUT2D eigenvalue weighted by Crippen LogP contribution is -2.04. The molecular weight excluding hydrogens is 416 g/mol. The Balaban J connectivity index is 1.81. The number of benzene rings is 3. The molecular formula is C22H20N4O4S. The third-order valence-electron chi connectivity index (χ3n) is 4.77. The number of nitrogens with two attached hydrogens (primary N) is 1. The number of ether oxygens (including phenoxy) is 2. The molecule has 0 bridgehead atoms. The van der Waals surface area contributed by atoms with Crippen LogP contribution in [0.25, 0.3) is 16.9 Å². The number of methoxy groups -OCH3 is 2. The van der Waals surface area contributed by atoms with E-state index in [-0.39, 0.29) is 9.79 Å². The molecule has 0 atom stereocenters. The van der Waals surface area contributed by atoms with Gasteiger partial charge in [-0.25, -0.2) is 13.1 Å². The lowest BCUT2D eigenvalue weighted by molar-refractivity contribution is 0.353. The number of sulfone groups is 1. The summed E-state index contributed by atoms with van der Waals surface area (Å²) in [5, 5.41) is 8.38. The first-order chi connectivity index (χ1) is 15.0. The van der Waals surface area contributed by atoms with Crippen molar-refractivity contribution in [3.8, 4) is 28.4 Å². The van der Waals surface area contributed by atoms with Gasteiger partial charge in [-0.1, -0.05) is 29.5 Å². The van der Waals surface area contributed by atoms with Crippen LogP contribution in [0.15, 0.2) is 82.7 Å². The van der Waals surface area contributed by atoms with Gasteiger partial charge in [-0.2, -0.15) is 0 Å². The van der Waals surface area contributed by atoms with Crippen molar-refractivity contribution < 1.29 is 17.9 Å². The molecule has 3 aromatic carbocycles. The van der Waals surface area contributed by atoms with E-state index in [9.17, 15) is 8.42 Å². The van der Waals surface area contributed by atoms with Gasteiger partial charge < -0.3 is 15.2 Å². The van der Waals surface area contributed by atoms with Gasteiger partial charge in [-0.3, -0.25) is 0 Å². The van der Waals surface area contributed by atoms with E-state index in [1.54, 1.807) is 67.9 Å². The van der Waals surface area contributed by atoms with E-state index in [1.807, 2.05) is 0 Å². The van der Waals surface area contributed by atoms with Gasteiger partial charge in [0.25, 0.3) is 0 Å². The number of hydrogen-bond donors (Lipinski definition) is 1. The van der Waals surface area contributed by atoms with Gasteiger partial charge in [-0.15, -0.1) is 5.10 Å². The summed E-state index contributed by atoms with van der Waals surface area (Å²) < 4.78 is 38.9. The predicted octanol–water partition coefficient (Wildman–Crippen LogP) is 3.37. The molecule has 158 valence electrons. The van der Waals surface area contributed by atoms with Crippen molar-refractivity contribution >= 4 is 15.5 Å². The minimum absolute atomic E-state index is 0.129. The van der Waals surface area contributed by atoms with Gasteiger partial charge in [0.15, 0.2) is 11.5 Å². The summed E-state index contributed by atoms with van der Waals surface area (Å²) in [7, 11) is -0.707. The van der Waals surface area contributed by atoms with Gasteiger partial charge in [0.2, 0.25) is 9.84 Å². The highest BCUT2D eigenvalue weighted by Crippen LogP contribution is 2.35. The summed E-state index contributed by atoms with van der Waals surface area (Å²) in [5.41, 5.74) is 7.64. The average Bonchev–Trinajstić information content (AvgIpc) is 3.28. The molecule has 4 aromatic rings. The third-order valence-corrected chi connectivity index (χ3v) is 6.59. The second-order valence-electron chi connectivity index (χ2n) is 6.63. The maximum Gasteiger partial charge on any atom is 0.207 e. The van der Waals surface area contributed by atoms with E-state index in [4.69, 9.17) is 15.2 Å².